The zero-order chi connectivity index (χ0) is 16.1. The summed E-state index contributed by atoms with van der Waals surface area (Å²) in [7, 11) is 0. The second kappa shape index (κ2) is 5.34. The van der Waals surface area contributed by atoms with Crippen LogP contribution in [0.2, 0.25) is 5.02 Å². The van der Waals surface area contributed by atoms with E-state index >= 15 is 0 Å². The van der Waals surface area contributed by atoms with Crippen molar-refractivity contribution < 1.29 is 0 Å². The normalized spacial score (nSPS) is 11.5. The largest absolute Gasteiger partial charge is 0.135 e. The molecule has 4 aromatic carbocycles. The molecule has 0 unspecified atom stereocenters. The molecule has 114 valence electrons. The van der Waals surface area contributed by atoms with Crippen LogP contribution in [0.4, 0.5) is 0 Å². The molecule has 0 bridgehead atoms. The van der Waals surface area contributed by atoms with Crippen molar-refractivity contribution in [2.45, 2.75) is 0 Å². The van der Waals surface area contributed by atoms with E-state index < -0.39 is 0 Å². The Kier molecular flexibility index (Phi) is 3.12. The first kappa shape index (κ1) is 14.0. The first-order chi connectivity index (χ1) is 11.8. The molecule has 0 amide bonds. The molecule has 5 rings (SSSR count). The Morgan fingerprint density at radius 2 is 1.33 bits per heavy atom. The molecule has 1 aromatic heterocycles. The Morgan fingerprint density at radius 3 is 2.25 bits per heavy atom. The highest BCUT2D eigenvalue weighted by molar-refractivity contribution is 7.26. The van der Waals surface area contributed by atoms with Crippen LogP contribution in [-0.4, -0.2) is 0 Å². The molecule has 0 aliphatic carbocycles. The number of hydrogen-bond donors (Lipinski definition) is 0. The zero-order valence-corrected chi connectivity index (χ0v) is 14.4. The highest BCUT2D eigenvalue weighted by Gasteiger charge is 2.14. The standard InChI is InChI=1S/C22H13ClS/c23-22-17(16-10-5-7-14-6-1-2-8-15(14)16)12-13-20-21(22)18-9-3-4-11-19(18)24-20/h1-13H. The van der Waals surface area contributed by atoms with E-state index in [1.807, 2.05) is 0 Å². The van der Waals surface area contributed by atoms with E-state index in [0.29, 0.717) is 0 Å². The maximum Gasteiger partial charge on any atom is 0.0577 e. The van der Waals surface area contributed by atoms with Crippen molar-refractivity contribution in [3.05, 3.63) is 83.9 Å². The van der Waals surface area contributed by atoms with Gasteiger partial charge < -0.3 is 0 Å². The van der Waals surface area contributed by atoms with Crippen LogP contribution in [0.1, 0.15) is 0 Å². The van der Waals surface area contributed by atoms with E-state index in [4.69, 9.17) is 11.6 Å². The molecule has 2 heteroatoms. The van der Waals surface area contributed by atoms with Gasteiger partial charge in [-0.1, -0.05) is 78.3 Å². The summed E-state index contributed by atoms with van der Waals surface area (Å²) in [6.45, 7) is 0. The molecule has 1 heterocycles. The molecule has 0 nitrogen and oxygen atoms in total. The van der Waals surface area contributed by atoms with Crippen LogP contribution in [0.3, 0.4) is 0 Å². The average Bonchev–Trinajstić information content (AvgIpc) is 3.01. The van der Waals surface area contributed by atoms with Crippen LogP contribution in [0.5, 0.6) is 0 Å². The minimum atomic E-state index is 0.848. The van der Waals surface area contributed by atoms with Crippen LogP contribution in [0.25, 0.3) is 42.1 Å². The predicted molar refractivity (Wildman–Crippen MR) is 107 cm³/mol. The van der Waals surface area contributed by atoms with E-state index in [0.717, 1.165) is 10.6 Å². The lowest BCUT2D eigenvalue weighted by Gasteiger charge is -2.10. The Balaban J connectivity index is 1.90. The summed E-state index contributed by atoms with van der Waals surface area (Å²) in [6, 6.07) is 27.7. The van der Waals surface area contributed by atoms with E-state index in [1.54, 1.807) is 11.3 Å². The molecule has 0 aliphatic heterocycles. The second-order valence-corrected chi connectivity index (χ2v) is 7.39. The molecule has 0 aliphatic rings. The van der Waals surface area contributed by atoms with E-state index in [9.17, 15) is 0 Å². The molecule has 0 saturated heterocycles. The summed E-state index contributed by atoms with van der Waals surface area (Å²) in [4.78, 5) is 0. The van der Waals surface area contributed by atoms with Crippen molar-refractivity contribution in [2.75, 3.05) is 0 Å². The van der Waals surface area contributed by atoms with Crippen molar-refractivity contribution in [1.82, 2.24) is 0 Å². The topological polar surface area (TPSA) is 0 Å². The fraction of sp³-hybridized carbons (Fsp3) is 0. The number of thiophene rings is 1. The van der Waals surface area contributed by atoms with Crippen LogP contribution >= 0.6 is 22.9 Å². The molecule has 0 atom stereocenters. The van der Waals surface area contributed by atoms with Crippen molar-refractivity contribution in [3.8, 4) is 11.1 Å². The molecular formula is C22H13ClS. The van der Waals surface area contributed by atoms with Gasteiger partial charge in [-0.3, -0.25) is 0 Å². The summed E-state index contributed by atoms with van der Waals surface area (Å²) in [5.74, 6) is 0. The Hall–Kier alpha value is -2.35. The van der Waals surface area contributed by atoms with Gasteiger partial charge in [-0.25, -0.2) is 0 Å². The molecular weight excluding hydrogens is 332 g/mol. The number of halogens is 1. The fourth-order valence-corrected chi connectivity index (χ4v) is 4.98. The third-order valence-electron chi connectivity index (χ3n) is 4.56. The van der Waals surface area contributed by atoms with Gasteiger partial charge in [0.2, 0.25) is 0 Å². The van der Waals surface area contributed by atoms with Crippen LogP contribution < -0.4 is 0 Å². The smallest absolute Gasteiger partial charge is 0.0577 e. The molecule has 0 spiro atoms. The average molecular weight is 345 g/mol. The predicted octanol–water partition coefficient (Wildman–Crippen LogP) is 7.53. The lowest BCUT2D eigenvalue weighted by molar-refractivity contribution is 1.70. The number of rotatable bonds is 1. The van der Waals surface area contributed by atoms with Gasteiger partial charge in [-0.2, -0.15) is 0 Å². The highest BCUT2D eigenvalue weighted by atomic mass is 35.5. The van der Waals surface area contributed by atoms with Crippen molar-refractivity contribution in [3.63, 3.8) is 0 Å². The first-order valence-electron chi connectivity index (χ1n) is 7.91. The molecule has 0 N–H and O–H groups in total. The Bertz CT molecular complexity index is 1210. The van der Waals surface area contributed by atoms with E-state index in [-0.39, 0.29) is 0 Å². The van der Waals surface area contributed by atoms with Crippen molar-refractivity contribution in [1.29, 1.82) is 0 Å². The molecule has 0 radical (unpaired) electrons. The van der Waals surface area contributed by atoms with Gasteiger partial charge in [0.15, 0.2) is 0 Å². The molecule has 0 fully saturated rings. The van der Waals surface area contributed by atoms with Gasteiger partial charge in [0.05, 0.1) is 5.02 Å². The van der Waals surface area contributed by atoms with Crippen molar-refractivity contribution >= 4 is 53.9 Å². The summed E-state index contributed by atoms with van der Waals surface area (Å²) < 4.78 is 2.52. The Labute approximate surface area is 148 Å². The van der Waals surface area contributed by atoms with Gasteiger partial charge in [0.1, 0.15) is 0 Å². The maximum absolute atomic E-state index is 6.90. The maximum atomic E-state index is 6.90. The Morgan fingerprint density at radius 1 is 0.583 bits per heavy atom. The van der Waals surface area contributed by atoms with E-state index in [1.165, 1.54) is 36.5 Å². The summed E-state index contributed by atoms with van der Waals surface area (Å²) in [5, 5.41) is 5.73. The second-order valence-electron chi connectivity index (χ2n) is 5.93. The molecule has 5 aromatic rings. The minimum Gasteiger partial charge on any atom is -0.135 e. The zero-order valence-electron chi connectivity index (χ0n) is 12.8. The summed E-state index contributed by atoms with van der Waals surface area (Å²) in [6.07, 6.45) is 0. The lowest BCUT2D eigenvalue weighted by atomic mass is 9.97. The van der Waals surface area contributed by atoms with Gasteiger partial charge >= 0.3 is 0 Å². The van der Waals surface area contributed by atoms with Crippen LogP contribution in [-0.2, 0) is 0 Å². The third kappa shape index (κ3) is 1.99. The quantitative estimate of drug-likeness (QED) is 0.295. The van der Waals surface area contributed by atoms with Crippen molar-refractivity contribution in [2.24, 2.45) is 0 Å². The lowest BCUT2D eigenvalue weighted by Crippen LogP contribution is -1.83. The number of hydrogen-bond acceptors (Lipinski definition) is 1. The summed E-state index contributed by atoms with van der Waals surface area (Å²) >= 11 is 8.70. The monoisotopic (exact) mass is 344 g/mol. The number of benzene rings is 4. The van der Waals surface area contributed by atoms with E-state index in [2.05, 4.69) is 78.9 Å². The van der Waals surface area contributed by atoms with Gasteiger partial charge in [-0.05, 0) is 28.5 Å². The van der Waals surface area contributed by atoms with Gasteiger partial charge in [0.25, 0.3) is 0 Å². The third-order valence-corrected chi connectivity index (χ3v) is 6.09. The highest BCUT2D eigenvalue weighted by Crippen LogP contribution is 2.43. The first-order valence-corrected chi connectivity index (χ1v) is 9.10. The fourth-order valence-electron chi connectivity index (χ4n) is 3.44. The molecule has 0 saturated carbocycles. The minimum absolute atomic E-state index is 0.848. The van der Waals surface area contributed by atoms with Crippen LogP contribution in [0, 0.1) is 0 Å². The van der Waals surface area contributed by atoms with Crippen LogP contribution in [0.15, 0.2) is 78.9 Å². The van der Waals surface area contributed by atoms with Gasteiger partial charge in [-0.15, -0.1) is 11.3 Å². The number of fused-ring (bicyclic) bond motifs is 4. The molecule has 24 heavy (non-hydrogen) atoms. The summed E-state index contributed by atoms with van der Waals surface area (Å²) in [5.41, 5.74) is 2.29. The van der Waals surface area contributed by atoms with Gasteiger partial charge in [0, 0.05) is 25.7 Å². The SMILES string of the molecule is Clc1c(-c2cccc3ccccc23)ccc2sc3ccccc3c12.